The number of anilines is 1. The van der Waals surface area contributed by atoms with Gasteiger partial charge in [0, 0.05) is 38.4 Å². The lowest BCUT2D eigenvalue weighted by molar-refractivity contribution is -0.154. The Morgan fingerprint density at radius 2 is 1.85 bits per heavy atom. The van der Waals surface area contributed by atoms with Crippen molar-refractivity contribution in [1.29, 1.82) is 0 Å². The number of esters is 1. The van der Waals surface area contributed by atoms with Crippen LogP contribution in [0.15, 0.2) is 29.4 Å². The minimum atomic E-state index is -0.682. The summed E-state index contributed by atoms with van der Waals surface area (Å²) in [5, 5.41) is 8.79. The van der Waals surface area contributed by atoms with Crippen LogP contribution in [0, 0.1) is 0 Å². The van der Waals surface area contributed by atoms with Gasteiger partial charge in [-0.25, -0.2) is 9.59 Å². The zero-order valence-corrected chi connectivity index (χ0v) is 20.1. The maximum Gasteiger partial charge on any atom is 0.435 e. The minimum Gasteiger partial charge on any atom is -0.460 e. The van der Waals surface area contributed by atoms with Crippen molar-refractivity contribution in [2.75, 3.05) is 32.1 Å². The lowest BCUT2D eigenvalue weighted by Crippen LogP contribution is -2.46. The molecule has 1 atom stereocenters. The summed E-state index contributed by atoms with van der Waals surface area (Å²) in [5.41, 5.74) is 6.38. The Bertz CT molecular complexity index is 938. The standard InChI is InChI=1S/C22H32N6O6/c1-22(2,3)33-17(29)10-12-24-20(31)25-16-11-13-28(19(16)30)15-8-6-14(7-9-15)18(23)26-34-21(32)27(4)5/h6-9,16H,10-13H2,1-5H3,(H2,23,26)(H2,24,25,31)/t16-/m0/s1. The molecule has 0 aromatic heterocycles. The van der Waals surface area contributed by atoms with Crippen molar-refractivity contribution < 1.29 is 28.8 Å². The summed E-state index contributed by atoms with van der Waals surface area (Å²) in [5.74, 6) is -0.658. The fourth-order valence-electron chi connectivity index (χ4n) is 2.98. The third-order valence-corrected chi connectivity index (χ3v) is 4.61. The highest BCUT2D eigenvalue weighted by Crippen LogP contribution is 2.22. The Morgan fingerprint density at radius 1 is 1.21 bits per heavy atom. The van der Waals surface area contributed by atoms with Crippen LogP contribution in [0.5, 0.6) is 0 Å². The second-order valence-corrected chi connectivity index (χ2v) is 8.84. The van der Waals surface area contributed by atoms with Crippen LogP contribution in [0.3, 0.4) is 0 Å². The highest BCUT2D eigenvalue weighted by Gasteiger charge is 2.33. The van der Waals surface area contributed by atoms with E-state index in [0.717, 1.165) is 0 Å². The molecule has 0 aliphatic carbocycles. The SMILES string of the molecule is CN(C)C(=O)ON=C(N)c1ccc(N2CC[C@H](NC(=O)NCCC(=O)OC(C)(C)C)C2=O)cc1. The molecule has 0 unspecified atom stereocenters. The maximum atomic E-state index is 12.7. The average Bonchev–Trinajstić information content (AvgIpc) is 3.10. The van der Waals surface area contributed by atoms with Gasteiger partial charge in [-0.2, -0.15) is 0 Å². The smallest absolute Gasteiger partial charge is 0.435 e. The molecule has 1 heterocycles. The number of oxime groups is 1. The maximum absolute atomic E-state index is 12.7. The van der Waals surface area contributed by atoms with Crippen molar-refractivity contribution >= 4 is 35.5 Å². The zero-order valence-electron chi connectivity index (χ0n) is 20.1. The van der Waals surface area contributed by atoms with Crippen molar-refractivity contribution in [2.45, 2.75) is 45.3 Å². The molecular formula is C22H32N6O6. The van der Waals surface area contributed by atoms with Gasteiger partial charge in [0.15, 0.2) is 5.84 Å². The van der Waals surface area contributed by atoms with E-state index in [1.807, 2.05) is 0 Å². The van der Waals surface area contributed by atoms with Gasteiger partial charge in [0.2, 0.25) is 5.91 Å². The summed E-state index contributed by atoms with van der Waals surface area (Å²) in [6.45, 7) is 5.81. The third kappa shape index (κ3) is 7.94. The summed E-state index contributed by atoms with van der Waals surface area (Å²) in [7, 11) is 3.04. The Morgan fingerprint density at radius 3 is 2.44 bits per heavy atom. The van der Waals surface area contributed by atoms with Crippen molar-refractivity contribution in [3.05, 3.63) is 29.8 Å². The summed E-state index contributed by atoms with van der Waals surface area (Å²) in [6, 6.07) is 5.46. The van der Waals surface area contributed by atoms with Gasteiger partial charge in [-0.05, 0) is 51.5 Å². The normalized spacial score (nSPS) is 16.1. The Labute approximate surface area is 198 Å². The molecule has 12 nitrogen and oxygen atoms in total. The number of carbonyl (C=O) groups excluding carboxylic acids is 4. The number of nitrogens with one attached hydrogen (secondary N) is 2. The van der Waals surface area contributed by atoms with Gasteiger partial charge in [0.05, 0.1) is 6.42 Å². The van der Waals surface area contributed by atoms with E-state index in [2.05, 4.69) is 15.8 Å². The number of nitrogens with zero attached hydrogens (tertiary/aromatic N) is 3. The lowest BCUT2D eigenvalue weighted by Gasteiger charge is -2.19. The summed E-state index contributed by atoms with van der Waals surface area (Å²) < 4.78 is 5.18. The van der Waals surface area contributed by atoms with Gasteiger partial charge in [0.25, 0.3) is 0 Å². The Kier molecular flexibility index (Phi) is 8.82. The van der Waals surface area contributed by atoms with E-state index in [-0.39, 0.29) is 24.7 Å². The lowest BCUT2D eigenvalue weighted by atomic mass is 10.2. The van der Waals surface area contributed by atoms with Crippen LogP contribution >= 0.6 is 0 Å². The van der Waals surface area contributed by atoms with Crippen LogP contribution in [-0.4, -0.2) is 73.6 Å². The number of urea groups is 1. The number of amidine groups is 1. The minimum absolute atomic E-state index is 0.0112. The van der Waals surface area contributed by atoms with Crippen LogP contribution in [0.25, 0.3) is 0 Å². The molecule has 186 valence electrons. The van der Waals surface area contributed by atoms with Gasteiger partial charge in [0.1, 0.15) is 11.6 Å². The first-order valence-electron chi connectivity index (χ1n) is 10.8. The van der Waals surface area contributed by atoms with E-state index >= 15 is 0 Å². The highest BCUT2D eigenvalue weighted by atomic mass is 16.7. The average molecular weight is 477 g/mol. The van der Waals surface area contributed by atoms with Crippen LogP contribution < -0.4 is 21.3 Å². The quantitative estimate of drug-likeness (QED) is 0.175. The fourth-order valence-corrected chi connectivity index (χ4v) is 2.98. The van der Waals surface area contributed by atoms with Gasteiger partial charge in [-0.1, -0.05) is 5.16 Å². The van der Waals surface area contributed by atoms with E-state index in [1.54, 1.807) is 49.9 Å². The topological polar surface area (TPSA) is 156 Å². The number of hydrogen-bond donors (Lipinski definition) is 3. The molecule has 0 radical (unpaired) electrons. The molecule has 1 fully saturated rings. The van der Waals surface area contributed by atoms with Crippen molar-refractivity contribution in [2.24, 2.45) is 10.9 Å². The second kappa shape index (κ2) is 11.3. The summed E-state index contributed by atoms with van der Waals surface area (Å²) in [6.07, 6.45) is -0.193. The van der Waals surface area contributed by atoms with Gasteiger partial charge in [-0.15, -0.1) is 0 Å². The van der Waals surface area contributed by atoms with Crippen molar-refractivity contribution in [3.8, 4) is 0 Å². The summed E-state index contributed by atoms with van der Waals surface area (Å²) in [4.78, 5) is 55.4. The molecule has 4 amide bonds. The Balaban J connectivity index is 1.85. The molecule has 0 saturated carbocycles. The highest BCUT2D eigenvalue weighted by molar-refractivity contribution is 6.02. The number of nitrogens with two attached hydrogens (primary N) is 1. The predicted octanol–water partition coefficient (Wildman–Crippen LogP) is 1.14. The first-order valence-corrected chi connectivity index (χ1v) is 10.8. The van der Waals surface area contributed by atoms with Gasteiger partial charge in [-0.3, -0.25) is 14.4 Å². The molecule has 0 spiro atoms. The van der Waals surface area contributed by atoms with Crippen LogP contribution in [-0.2, 0) is 19.2 Å². The van der Waals surface area contributed by atoms with E-state index in [4.69, 9.17) is 15.3 Å². The monoisotopic (exact) mass is 476 g/mol. The molecule has 1 aliphatic heterocycles. The van der Waals surface area contributed by atoms with E-state index in [9.17, 15) is 19.2 Å². The zero-order chi connectivity index (χ0) is 25.5. The van der Waals surface area contributed by atoms with E-state index in [1.165, 1.54) is 19.0 Å². The van der Waals surface area contributed by atoms with E-state index in [0.29, 0.717) is 24.2 Å². The number of hydrogen-bond acceptors (Lipinski definition) is 7. The molecular weight excluding hydrogens is 444 g/mol. The third-order valence-electron chi connectivity index (χ3n) is 4.61. The number of ether oxygens (including phenoxy) is 1. The van der Waals surface area contributed by atoms with Crippen LogP contribution in [0.2, 0.25) is 0 Å². The molecule has 1 aromatic carbocycles. The van der Waals surface area contributed by atoms with E-state index < -0.39 is 29.7 Å². The predicted molar refractivity (Wildman–Crippen MR) is 125 cm³/mol. The molecule has 2 rings (SSSR count). The van der Waals surface area contributed by atoms with Gasteiger partial charge < -0.3 is 30.9 Å². The Hall–Kier alpha value is -3.83. The number of amides is 4. The first kappa shape index (κ1) is 26.4. The fraction of sp³-hybridized carbons (Fsp3) is 0.500. The number of rotatable bonds is 7. The van der Waals surface area contributed by atoms with Gasteiger partial charge >= 0.3 is 18.1 Å². The second-order valence-electron chi connectivity index (χ2n) is 8.84. The number of carbonyl (C=O) groups is 4. The van der Waals surface area contributed by atoms with Crippen molar-refractivity contribution in [1.82, 2.24) is 15.5 Å². The molecule has 12 heteroatoms. The molecule has 4 N–H and O–H groups in total. The molecule has 1 aromatic rings. The van der Waals surface area contributed by atoms with Crippen molar-refractivity contribution in [3.63, 3.8) is 0 Å². The molecule has 1 aliphatic rings. The number of benzene rings is 1. The molecule has 34 heavy (non-hydrogen) atoms. The van der Waals surface area contributed by atoms with Crippen LogP contribution in [0.4, 0.5) is 15.3 Å². The largest absolute Gasteiger partial charge is 0.460 e. The summed E-state index contributed by atoms with van der Waals surface area (Å²) >= 11 is 0. The van der Waals surface area contributed by atoms with Crippen LogP contribution in [0.1, 0.15) is 39.2 Å². The molecule has 0 bridgehead atoms. The first-order chi connectivity index (χ1) is 15.9. The molecule has 1 saturated heterocycles.